The number of hydrogen-bond donors (Lipinski definition) is 0. The van der Waals surface area contributed by atoms with Crippen molar-refractivity contribution in [2.45, 2.75) is 57.0 Å². The number of thiophene rings is 1. The first kappa shape index (κ1) is 23.0. The van der Waals surface area contributed by atoms with Crippen LogP contribution in [0.3, 0.4) is 0 Å². The van der Waals surface area contributed by atoms with E-state index in [1.165, 1.54) is 10.4 Å². The summed E-state index contributed by atoms with van der Waals surface area (Å²) in [5.74, 6) is 2.83. The summed E-state index contributed by atoms with van der Waals surface area (Å²) in [6.45, 7) is 4.39. The number of ether oxygens (including phenoxy) is 2. The predicted octanol–water partition coefficient (Wildman–Crippen LogP) is 5.10. The third kappa shape index (κ3) is 4.11. The molecule has 1 aromatic carbocycles. The number of benzene rings is 1. The van der Waals surface area contributed by atoms with E-state index in [-0.39, 0.29) is 5.56 Å². The maximum Gasteiger partial charge on any atom is 0.263 e. The molecule has 7 nitrogen and oxygen atoms in total. The molecule has 5 rings (SSSR count). The average Bonchev–Trinajstić information content (AvgIpc) is 3.51. The zero-order valence-electron chi connectivity index (χ0n) is 19.8. The molecule has 0 atom stereocenters. The first-order valence-corrected chi connectivity index (χ1v) is 13.1. The molecule has 0 saturated heterocycles. The Labute approximate surface area is 206 Å². The molecule has 9 heteroatoms. The maximum atomic E-state index is 13.8. The van der Waals surface area contributed by atoms with Crippen LogP contribution < -0.4 is 15.0 Å². The summed E-state index contributed by atoms with van der Waals surface area (Å²) in [5, 5.41) is 5.61. The second kappa shape index (κ2) is 9.46. The van der Waals surface area contributed by atoms with Gasteiger partial charge < -0.3 is 14.0 Å². The van der Waals surface area contributed by atoms with Crippen molar-refractivity contribution in [1.29, 1.82) is 0 Å². The van der Waals surface area contributed by atoms with Gasteiger partial charge in [0.2, 0.25) is 0 Å². The molecule has 1 aliphatic rings. The van der Waals surface area contributed by atoms with Gasteiger partial charge >= 0.3 is 0 Å². The molecule has 3 aromatic heterocycles. The Kier molecular flexibility index (Phi) is 6.40. The fourth-order valence-corrected chi connectivity index (χ4v) is 6.97. The van der Waals surface area contributed by atoms with Gasteiger partial charge in [0.1, 0.15) is 10.6 Å². The third-order valence-electron chi connectivity index (χ3n) is 6.39. The molecule has 0 fully saturated rings. The van der Waals surface area contributed by atoms with Crippen molar-refractivity contribution < 1.29 is 14.0 Å². The zero-order chi connectivity index (χ0) is 23.8. The topological polar surface area (TPSA) is 79.4 Å². The lowest BCUT2D eigenvalue weighted by molar-refractivity contribution is 0.354. The lowest BCUT2D eigenvalue weighted by Gasteiger charge is -2.14. The highest BCUT2D eigenvalue weighted by molar-refractivity contribution is 7.98. The second-order valence-electron chi connectivity index (χ2n) is 8.42. The molecule has 0 unspecified atom stereocenters. The third-order valence-corrected chi connectivity index (χ3v) is 8.58. The van der Waals surface area contributed by atoms with Crippen LogP contribution in [0.15, 0.2) is 32.7 Å². The molecule has 178 valence electrons. The lowest BCUT2D eigenvalue weighted by Crippen LogP contribution is -2.24. The number of rotatable bonds is 8. The molecule has 0 radical (unpaired) electrons. The van der Waals surface area contributed by atoms with Crippen LogP contribution in [-0.4, -0.2) is 28.9 Å². The van der Waals surface area contributed by atoms with E-state index in [1.54, 1.807) is 37.3 Å². The fourth-order valence-electron chi connectivity index (χ4n) is 4.49. The summed E-state index contributed by atoms with van der Waals surface area (Å²) < 4.78 is 18.0. The molecule has 0 spiro atoms. The minimum Gasteiger partial charge on any atom is -0.493 e. The van der Waals surface area contributed by atoms with Gasteiger partial charge in [0.15, 0.2) is 16.7 Å². The van der Waals surface area contributed by atoms with E-state index < -0.39 is 0 Å². The second-order valence-corrected chi connectivity index (χ2v) is 10.4. The van der Waals surface area contributed by atoms with Crippen LogP contribution in [0.2, 0.25) is 0 Å². The van der Waals surface area contributed by atoms with Crippen LogP contribution in [0.4, 0.5) is 0 Å². The van der Waals surface area contributed by atoms with E-state index in [9.17, 15) is 4.79 Å². The number of nitrogens with zero attached hydrogens (tertiary/aromatic N) is 3. The SMILES string of the molecule is COc1ccc(CCn2c(SCc3c(C)noc3C)nc3sc4c(c3c2=O)CCC4)cc1OC. The van der Waals surface area contributed by atoms with E-state index >= 15 is 0 Å². The lowest BCUT2D eigenvalue weighted by atomic mass is 10.1. The molecular formula is C25H27N3O4S2. The molecule has 0 amide bonds. The van der Waals surface area contributed by atoms with Gasteiger partial charge in [-0.25, -0.2) is 4.98 Å². The van der Waals surface area contributed by atoms with Crippen molar-refractivity contribution in [2.24, 2.45) is 0 Å². The Hall–Kier alpha value is -2.78. The van der Waals surface area contributed by atoms with Crippen molar-refractivity contribution >= 4 is 33.3 Å². The standard InChI is InChI=1S/C25H27N3O4S2/c1-14-18(15(2)32-27-14)13-33-25-26-23-22(17-6-5-7-21(17)34-23)24(29)28(25)11-10-16-8-9-19(30-3)20(12-16)31-4/h8-9,12H,5-7,10-11,13H2,1-4H3. The number of aryl methyl sites for hydroxylation is 5. The molecule has 0 saturated carbocycles. The summed E-state index contributed by atoms with van der Waals surface area (Å²) in [6, 6.07) is 5.88. The Balaban J connectivity index is 1.51. The summed E-state index contributed by atoms with van der Waals surface area (Å²) >= 11 is 3.24. The van der Waals surface area contributed by atoms with Crippen molar-refractivity contribution in [2.75, 3.05) is 14.2 Å². The van der Waals surface area contributed by atoms with Crippen LogP contribution >= 0.6 is 23.1 Å². The highest BCUT2D eigenvalue weighted by Crippen LogP contribution is 2.36. The smallest absolute Gasteiger partial charge is 0.263 e. The Morgan fingerprint density at radius 3 is 2.74 bits per heavy atom. The molecular weight excluding hydrogens is 470 g/mol. The van der Waals surface area contributed by atoms with Gasteiger partial charge in [-0.15, -0.1) is 11.3 Å². The highest BCUT2D eigenvalue weighted by Gasteiger charge is 2.24. The van der Waals surface area contributed by atoms with E-state index in [1.807, 2.05) is 36.6 Å². The van der Waals surface area contributed by atoms with Crippen molar-refractivity contribution in [1.82, 2.24) is 14.7 Å². The van der Waals surface area contributed by atoms with Crippen molar-refractivity contribution in [3.8, 4) is 11.5 Å². The first-order valence-electron chi connectivity index (χ1n) is 11.3. The number of methoxy groups -OCH3 is 2. The van der Waals surface area contributed by atoms with Crippen LogP contribution in [0.5, 0.6) is 11.5 Å². The van der Waals surface area contributed by atoms with Gasteiger partial charge in [0.25, 0.3) is 5.56 Å². The normalized spacial score (nSPS) is 12.9. The highest BCUT2D eigenvalue weighted by atomic mass is 32.2. The van der Waals surface area contributed by atoms with Crippen molar-refractivity contribution in [3.63, 3.8) is 0 Å². The van der Waals surface area contributed by atoms with Crippen molar-refractivity contribution in [3.05, 3.63) is 61.6 Å². The summed E-state index contributed by atoms with van der Waals surface area (Å²) in [5.41, 5.74) is 4.27. The molecule has 4 aromatic rings. The number of hydrogen-bond acceptors (Lipinski definition) is 8. The predicted molar refractivity (Wildman–Crippen MR) is 135 cm³/mol. The maximum absolute atomic E-state index is 13.8. The van der Waals surface area contributed by atoms with Gasteiger partial charge in [-0.1, -0.05) is 23.0 Å². The molecule has 0 N–H and O–H groups in total. The molecule has 0 aliphatic heterocycles. The van der Waals surface area contributed by atoms with Crippen LogP contribution in [-0.2, 0) is 31.6 Å². The fraction of sp³-hybridized carbons (Fsp3) is 0.400. The average molecular weight is 498 g/mol. The van der Waals surface area contributed by atoms with Gasteiger partial charge in [-0.2, -0.15) is 0 Å². The van der Waals surface area contributed by atoms with Crippen LogP contribution in [0, 0.1) is 13.8 Å². The first-order chi connectivity index (χ1) is 16.5. The van der Waals surface area contributed by atoms with E-state index in [0.717, 1.165) is 57.2 Å². The van der Waals surface area contributed by atoms with Gasteiger partial charge in [0, 0.05) is 22.7 Å². The molecule has 0 bridgehead atoms. The number of fused-ring (bicyclic) bond motifs is 3. The van der Waals surface area contributed by atoms with Gasteiger partial charge in [-0.05, 0) is 62.8 Å². The Morgan fingerprint density at radius 1 is 1.18 bits per heavy atom. The monoisotopic (exact) mass is 497 g/mol. The summed E-state index contributed by atoms with van der Waals surface area (Å²) in [4.78, 5) is 20.9. The number of aromatic nitrogens is 3. The van der Waals surface area contributed by atoms with E-state index in [2.05, 4.69) is 5.16 Å². The number of thioether (sulfide) groups is 1. The van der Waals surface area contributed by atoms with Gasteiger partial charge in [0.05, 0.1) is 25.3 Å². The molecule has 3 heterocycles. The quantitative estimate of drug-likeness (QED) is 0.247. The Morgan fingerprint density at radius 2 is 2.00 bits per heavy atom. The Bertz CT molecular complexity index is 1400. The summed E-state index contributed by atoms with van der Waals surface area (Å²) in [6.07, 6.45) is 3.81. The van der Waals surface area contributed by atoms with E-state index in [4.69, 9.17) is 19.0 Å². The molecule has 1 aliphatic carbocycles. The minimum atomic E-state index is 0.0612. The van der Waals surface area contributed by atoms with Gasteiger partial charge in [-0.3, -0.25) is 9.36 Å². The van der Waals surface area contributed by atoms with E-state index in [0.29, 0.717) is 30.2 Å². The molecule has 34 heavy (non-hydrogen) atoms. The largest absolute Gasteiger partial charge is 0.493 e. The zero-order valence-corrected chi connectivity index (χ0v) is 21.4. The summed E-state index contributed by atoms with van der Waals surface area (Å²) in [7, 11) is 3.25. The minimum absolute atomic E-state index is 0.0612. The van der Waals surface area contributed by atoms with Crippen LogP contribution in [0.1, 0.15) is 39.4 Å². The van der Waals surface area contributed by atoms with Crippen LogP contribution in [0.25, 0.3) is 10.2 Å².